The molecule has 0 aliphatic carbocycles. The van der Waals surface area contributed by atoms with Crippen molar-refractivity contribution in [3.05, 3.63) is 60.1 Å². The summed E-state index contributed by atoms with van der Waals surface area (Å²) in [6.45, 7) is 2.59. The van der Waals surface area contributed by atoms with Crippen LogP contribution >= 0.6 is 11.8 Å². The van der Waals surface area contributed by atoms with Crippen LogP contribution in [0.15, 0.2) is 58.0 Å². The maximum absolute atomic E-state index is 11.4. The molecule has 0 saturated heterocycles. The minimum atomic E-state index is -0.485. The Morgan fingerprint density at radius 3 is 2.54 bits per heavy atom. The van der Waals surface area contributed by atoms with E-state index in [4.69, 9.17) is 9.15 Å². The Kier molecular flexibility index (Phi) is 5.91. The van der Waals surface area contributed by atoms with Gasteiger partial charge in [-0.15, -0.1) is 10.2 Å². The summed E-state index contributed by atoms with van der Waals surface area (Å²) in [6, 6.07) is 14.9. The number of hydrogen-bond acceptors (Lipinski definition) is 7. The quantitative estimate of drug-likeness (QED) is 0.455. The predicted molar refractivity (Wildman–Crippen MR) is 98.2 cm³/mol. The molecule has 0 radical (unpaired) electrons. The molecule has 0 aliphatic heterocycles. The Morgan fingerprint density at radius 1 is 1.08 bits per heavy atom. The Morgan fingerprint density at radius 2 is 1.88 bits per heavy atom. The number of hydrogen-bond donors (Lipinski definition) is 0. The molecule has 2 heterocycles. The van der Waals surface area contributed by atoms with Crippen molar-refractivity contribution in [2.45, 2.75) is 17.7 Å². The largest absolute Gasteiger partial charge is 0.494 e. The second-order valence-corrected chi connectivity index (χ2v) is 6.26. The molecule has 26 heavy (non-hydrogen) atoms. The second kappa shape index (κ2) is 8.53. The van der Waals surface area contributed by atoms with Crippen molar-refractivity contribution in [1.29, 1.82) is 0 Å². The van der Waals surface area contributed by atoms with Gasteiger partial charge < -0.3 is 13.9 Å². The standard InChI is InChI=1S/C19H18N2O4S/c1-3-24-14-6-4-13(5-7-14)16-9-11-18(21-20-16)26-12-15-8-10-17(25-15)19(22)23-2/h4-11H,3,12H2,1-2H3. The third-order valence-corrected chi connectivity index (χ3v) is 4.45. The van der Waals surface area contributed by atoms with E-state index in [9.17, 15) is 4.79 Å². The van der Waals surface area contributed by atoms with E-state index in [0.29, 0.717) is 18.1 Å². The zero-order valence-corrected chi connectivity index (χ0v) is 15.3. The van der Waals surface area contributed by atoms with Crippen LogP contribution in [0.1, 0.15) is 23.2 Å². The first-order valence-corrected chi connectivity index (χ1v) is 9.05. The highest BCUT2D eigenvalue weighted by molar-refractivity contribution is 7.98. The van der Waals surface area contributed by atoms with Crippen molar-refractivity contribution in [2.75, 3.05) is 13.7 Å². The van der Waals surface area contributed by atoms with Crippen LogP contribution in [-0.2, 0) is 10.5 Å². The fourth-order valence-corrected chi connectivity index (χ4v) is 2.96. The van der Waals surface area contributed by atoms with Crippen molar-refractivity contribution < 1.29 is 18.7 Å². The van der Waals surface area contributed by atoms with Gasteiger partial charge in [-0.25, -0.2) is 4.79 Å². The summed E-state index contributed by atoms with van der Waals surface area (Å²) in [5, 5.41) is 9.28. The number of benzene rings is 1. The smallest absolute Gasteiger partial charge is 0.373 e. The topological polar surface area (TPSA) is 74.5 Å². The van der Waals surface area contributed by atoms with Crippen LogP contribution in [-0.4, -0.2) is 29.9 Å². The lowest BCUT2D eigenvalue weighted by atomic mass is 10.1. The van der Waals surface area contributed by atoms with Gasteiger partial charge in [-0.05, 0) is 55.5 Å². The lowest BCUT2D eigenvalue weighted by Gasteiger charge is -2.05. The number of aromatic nitrogens is 2. The predicted octanol–water partition coefficient (Wildman–Crippen LogP) is 4.21. The first kappa shape index (κ1) is 18.0. The van der Waals surface area contributed by atoms with Crippen molar-refractivity contribution in [1.82, 2.24) is 10.2 Å². The minimum Gasteiger partial charge on any atom is -0.494 e. The molecule has 0 amide bonds. The lowest BCUT2D eigenvalue weighted by Crippen LogP contribution is -1.98. The highest BCUT2D eigenvalue weighted by Crippen LogP contribution is 2.25. The zero-order chi connectivity index (χ0) is 18.4. The molecular formula is C19H18N2O4S. The fourth-order valence-electron chi connectivity index (χ4n) is 2.25. The molecule has 0 N–H and O–H groups in total. The van der Waals surface area contributed by atoms with Crippen LogP contribution in [0.2, 0.25) is 0 Å². The van der Waals surface area contributed by atoms with E-state index in [0.717, 1.165) is 22.0 Å². The SMILES string of the molecule is CCOc1ccc(-c2ccc(SCc3ccc(C(=O)OC)o3)nn2)cc1. The number of ether oxygens (including phenoxy) is 2. The Hall–Kier alpha value is -2.80. The van der Waals surface area contributed by atoms with Gasteiger partial charge in [-0.1, -0.05) is 11.8 Å². The number of esters is 1. The molecule has 0 saturated carbocycles. The van der Waals surface area contributed by atoms with Gasteiger partial charge in [0.05, 0.1) is 25.2 Å². The van der Waals surface area contributed by atoms with Crippen LogP contribution in [0.4, 0.5) is 0 Å². The van der Waals surface area contributed by atoms with Gasteiger partial charge in [-0.2, -0.15) is 0 Å². The number of carbonyl (C=O) groups excluding carboxylic acids is 1. The van der Waals surface area contributed by atoms with Crippen molar-refractivity contribution in [2.24, 2.45) is 0 Å². The first-order valence-electron chi connectivity index (χ1n) is 8.06. The number of carbonyl (C=O) groups is 1. The summed E-state index contributed by atoms with van der Waals surface area (Å²) in [6.07, 6.45) is 0. The van der Waals surface area contributed by atoms with E-state index in [2.05, 4.69) is 14.9 Å². The molecule has 3 aromatic rings. The fraction of sp³-hybridized carbons (Fsp3) is 0.211. The molecule has 0 fully saturated rings. The van der Waals surface area contributed by atoms with E-state index >= 15 is 0 Å². The molecule has 0 bridgehead atoms. The maximum atomic E-state index is 11.4. The molecule has 7 heteroatoms. The minimum absolute atomic E-state index is 0.194. The Balaban J connectivity index is 1.60. The highest BCUT2D eigenvalue weighted by atomic mass is 32.2. The van der Waals surface area contributed by atoms with E-state index in [1.807, 2.05) is 43.3 Å². The summed E-state index contributed by atoms with van der Waals surface area (Å²) in [5.74, 6) is 1.77. The molecule has 0 atom stereocenters. The van der Waals surface area contributed by atoms with Crippen molar-refractivity contribution in [3.8, 4) is 17.0 Å². The van der Waals surface area contributed by atoms with Gasteiger partial charge in [0.2, 0.25) is 5.76 Å². The van der Waals surface area contributed by atoms with Crippen LogP contribution < -0.4 is 4.74 Å². The summed E-state index contributed by atoms with van der Waals surface area (Å²) in [5.41, 5.74) is 1.77. The number of methoxy groups -OCH3 is 1. The molecule has 0 aliphatic rings. The van der Waals surface area contributed by atoms with Crippen LogP contribution in [0.3, 0.4) is 0 Å². The molecule has 0 unspecified atom stereocenters. The average molecular weight is 370 g/mol. The molecule has 3 rings (SSSR count). The first-order chi connectivity index (χ1) is 12.7. The van der Waals surface area contributed by atoms with Gasteiger partial charge in [0.1, 0.15) is 16.5 Å². The van der Waals surface area contributed by atoms with Gasteiger partial charge >= 0.3 is 5.97 Å². The summed E-state index contributed by atoms with van der Waals surface area (Å²) < 4.78 is 15.5. The van der Waals surface area contributed by atoms with E-state index in [1.54, 1.807) is 12.1 Å². The molecule has 0 spiro atoms. The Labute approximate surface area is 155 Å². The normalized spacial score (nSPS) is 10.5. The average Bonchev–Trinajstić information content (AvgIpc) is 3.16. The van der Waals surface area contributed by atoms with E-state index < -0.39 is 5.97 Å². The number of furan rings is 1. The zero-order valence-electron chi connectivity index (χ0n) is 14.5. The highest BCUT2D eigenvalue weighted by Gasteiger charge is 2.11. The van der Waals surface area contributed by atoms with Crippen molar-refractivity contribution >= 4 is 17.7 Å². The summed E-state index contributed by atoms with van der Waals surface area (Å²) >= 11 is 1.48. The Bertz CT molecular complexity index is 860. The van der Waals surface area contributed by atoms with E-state index in [-0.39, 0.29) is 5.76 Å². The van der Waals surface area contributed by atoms with Crippen LogP contribution in [0.5, 0.6) is 5.75 Å². The molecule has 134 valence electrons. The maximum Gasteiger partial charge on any atom is 0.373 e. The van der Waals surface area contributed by atoms with Gasteiger partial charge in [-0.3, -0.25) is 0 Å². The van der Waals surface area contributed by atoms with Crippen LogP contribution in [0, 0.1) is 0 Å². The number of nitrogens with zero attached hydrogens (tertiary/aromatic N) is 2. The summed E-state index contributed by atoms with van der Waals surface area (Å²) in [4.78, 5) is 11.4. The van der Waals surface area contributed by atoms with Gasteiger partial charge in [0.25, 0.3) is 0 Å². The monoisotopic (exact) mass is 370 g/mol. The summed E-state index contributed by atoms with van der Waals surface area (Å²) in [7, 11) is 1.32. The number of rotatable bonds is 7. The molecule has 2 aromatic heterocycles. The lowest BCUT2D eigenvalue weighted by molar-refractivity contribution is 0.0563. The van der Waals surface area contributed by atoms with Crippen LogP contribution in [0.25, 0.3) is 11.3 Å². The molecular weight excluding hydrogens is 352 g/mol. The van der Waals surface area contributed by atoms with Gasteiger partial charge in [0.15, 0.2) is 0 Å². The molecule has 1 aromatic carbocycles. The third-order valence-electron chi connectivity index (χ3n) is 3.51. The van der Waals surface area contributed by atoms with E-state index in [1.165, 1.54) is 18.9 Å². The molecule has 6 nitrogen and oxygen atoms in total. The second-order valence-electron chi connectivity index (χ2n) is 5.26. The number of thioether (sulfide) groups is 1. The third kappa shape index (κ3) is 4.43. The van der Waals surface area contributed by atoms with Gasteiger partial charge in [0, 0.05) is 5.56 Å². The van der Waals surface area contributed by atoms with Crippen molar-refractivity contribution in [3.63, 3.8) is 0 Å².